The van der Waals surface area contributed by atoms with Gasteiger partial charge in [0.25, 0.3) is 10.0 Å². The lowest BCUT2D eigenvalue weighted by molar-refractivity contribution is 0.222. The zero-order chi connectivity index (χ0) is 14.8. The third kappa shape index (κ3) is 3.79. The Morgan fingerprint density at radius 3 is 2.50 bits per heavy atom. The van der Waals surface area contributed by atoms with E-state index in [2.05, 4.69) is 24.1 Å². The summed E-state index contributed by atoms with van der Waals surface area (Å²) in [6.45, 7) is 7.64. The Balaban J connectivity index is 2.06. The largest absolute Gasteiger partial charge is 0.310 e. The second kappa shape index (κ2) is 6.53. The van der Waals surface area contributed by atoms with Crippen LogP contribution in [0.4, 0.5) is 0 Å². The Labute approximate surface area is 125 Å². The molecule has 7 heteroatoms. The minimum absolute atomic E-state index is 0.398. The molecule has 0 saturated carbocycles. The first kappa shape index (κ1) is 15.9. The Bertz CT molecular complexity index is 532. The summed E-state index contributed by atoms with van der Waals surface area (Å²) in [7, 11) is -1.29. The van der Waals surface area contributed by atoms with E-state index in [4.69, 9.17) is 0 Å². The van der Waals surface area contributed by atoms with Crippen molar-refractivity contribution in [3.05, 3.63) is 17.0 Å². The summed E-state index contributed by atoms with van der Waals surface area (Å²) in [6, 6.07) is 4.04. The highest BCUT2D eigenvalue weighted by Gasteiger charge is 2.28. The van der Waals surface area contributed by atoms with Gasteiger partial charge in [-0.3, -0.25) is 0 Å². The number of likely N-dealkylation sites (N-methyl/N-ethyl adjacent to an activating group) is 1. The molecule has 1 N–H and O–H groups in total. The SMILES string of the molecule is CC(C)NCc1ccc(S(=O)(=O)N2CCN(C)CC2)s1. The Kier molecular flexibility index (Phi) is 5.19. The molecule has 1 saturated heterocycles. The molecule has 0 aromatic carbocycles. The van der Waals surface area contributed by atoms with Crippen LogP contribution in [-0.2, 0) is 16.6 Å². The minimum atomic E-state index is -3.31. The first-order chi connectivity index (χ1) is 9.39. The molecular weight excluding hydrogens is 294 g/mol. The van der Waals surface area contributed by atoms with E-state index in [1.54, 1.807) is 10.4 Å². The highest BCUT2D eigenvalue weighted by Crippen LogP contribution is 2.25. The smallest absolute Gasteiger partial charge is 0.252 e. The summed E-state index contributed by atoms with van der Waals surface area (Å²) in [6.07, 6.45) is 0. The topological polar surface area (TPSA) is 52.7 Å². The third-order valence-corrected chi connectivity index (χ3v) is 6.83. The minimum Gasteiger partial charge on any atom is -0.310 e. The molecule has 2 rings (SSSR count). The van der Waals surface area contributed by atoms with Gasteiger partial charge in [0, 0.05) is 43.6 Å². The van der Waals surface area contributed by atoms with E-state index in [0.29, 0.717) is 23.3 Å². The molecule has 0 amide bonds. The van der Waals surface area contributed by atoms with Crippen molar-refractivity contribution < 1.29 is 8.42 Å². The summed E-state index contributed by atoms with van der Waals surface area (Å²) >= 11 is 1.37. The van der Waals surface area contributed by atoms with Crippen molar-refractivity contribution >= 4 is 21.4 Å². The monoisotopic (exact) mass is 317 g/mol. The van der Waals surface area contributed by atoms with Gasteiger partial charge in [0.05, 0.1) is 0 Å². The maximum atomic E-state index is 12.5. The first-order valence-electron chi connectivity index (χ1n) is 6.90. The molecule has 1 aliphatic heterocycles. The fourth-order valence-corrected chi connectivity index (χ4v) is 4.94. The van der Waals surface area contributed by atoms with Crippen molar-refractivity contribution in [2.75, 3.05) is 33.2 Å². The van der Waals surface area contributed by atoms with E-state index >= 15 is 0 Å². The zero-order valence-electron chi connectivity index (χ0n) is 12.3. The Hall–Kier alpha value is -0.470. The predicted octanol–water partition coefficient (Wildman–Crippen LogP) is 1.18. The lowest BCUT2D eigenvalue weighted by Gasteiger charge is -2.31. The van der Waals surface area contributed by atoms with Crippen LogP contribution < -0.4 is 5.32 Å². The third-order valence-electron chi connectivity index (χ3n) is 3.38. The fraction of sp³-hybridized carbons (Fsp3) is 0.692. The van der Waals surface area contributed by atoms with Crippen LogP contribution in [0.15, 0.2) is 16.3 Å². The predicted molar refractivity (Wildman–Crippen MR) is 82.6 cm³/mol. The van der Waals surface area contributed by atoms with Crippen LogP contribution in [0.25, 0.3) is 0 Å². The standard InChI is InChI=1S/C13H23N3O2S2/c1-11(2)14-10-12-4-5-13(19-12)20(17,18)16-8-6-15(3)7-9-16/h4-5,11,14H,6-10H2,1-3H3. The molecule has 0 atom stereocenters. The molecule has 114 valence electrons. The van der Waals surface area contributed by atoms with E-state index in [9.17, 15) is 8.42 Å². The lowest BCUT2D eigenvalue weighted by atomic mass is 10.4. The molecule has 5 nitrogen and oxygen atoms in total. The first-order valence-corrected chi connectivity index (χ1v) is 9.16. The van der Waals surface area contributed by atoms with E-state index < -0.39 is 10.0 Å². The zero-order valence-corrected chi connectivity index (χ0v) is 13.9. The van der Waals surface area contributed by atoms with Crippen molar-refractivity contribution in [3.63, 3.8) is 0 Å². The molecule has 20 heavy (non-hydrogen) atoms. The Morgan fingerprint density at radius 2 is 1.90 bits per heavy atom. The van der Waals surface area contributed by atoms with Crippen LogP contribution >= 0.6 is 11.3 Å². The summed E-state index contributed by atoms with van der Waals surface area (Å²) in [5.41, 5.74) is 0. The highest BCUT2D eigenvalue weighted by atomic mass is 32.2. The number of thiophene rings is 1. The van der Waals surface area contributed by atoms with Crippen molar-refractivity contribution in [1.29, 1.82) is 0 Å². The molecule has 1 aromatic rings. The van der Waals surface area contributed by atoms with Crippen LogP contribution in [0, 0.1) is 0 Å². The molecule has 0 aliphatic carbocycles. The van der Waals surface area contributed by atoms with Crippen LogP contribution in [0.1, 0.15) is 18.7 Å². The number of piperazine rings is 1. The number of hydrogen-bond donors (Lipinski definition) is 1. The number of nitrogens with zero attached hydrogens (tertiary/aromatic N) is 2. The van der Waals surface area contributed by atoms with Gasteiger partial charge >= 0.3 is 0 Å². The van der Waals surface area contributed by atoms with Gasteiger partial charge in [0.15, 0.2) is 0 Å². The molecule has 1 fully saturated rings. The fourth-order valence-electron chi connectivity index (χ4n) is 2.05. The number of sulfonamides is 1. The normalized spacial score (nSPS) is 18.8. The van der Waals surface area contributed by atoms with Crippen molar-refractivity contribution in [3.8, 4) is 0 Å². The summed E-state index contributed by atoms with van der Waals surface area (Å²) in [5, 5.41) is 3.31. The number of rotatable bonds is 5. The summed E-state index contributed by atoms with van der Waals surface area (Å²) in [4.78, 5) is 3.21. The van der Waals surface area contributed by atoms with Crippen LogP contribution in [0.5, 0.6) is 0 Å². The van der Waals surface area contributed by atoms with Gasteiger partial charge in [-0.15, -0.1) is 11.3 Å². The van der Waals surface area contributed by atoms with Gasteiger partial charge in [0.2, 0.25) is 0 Å². The van der Waals surface area contributed by atoms with E-state index in [-0.39, 0.29) is 0 Å². The van der Waals surface area contributed by atoms with Crippen LogP contribution in [0.3, 0.4) is 0 Å². The van der Waals surface area contributed by atoms with Gasteiger partial charge < -0.3 is 10.2 Å². The maximum absolute atomic E-state index is 12.5. The second-order valence-corrected chi connectivity index (χ2v) is 8.80. The van der Waals surface area contributed by atoms with Gasteiger partial charge in [-0.05, 0) is 19.2 Å². The van der Waals surface area contributed by atoms with Crippen LogP contribution in [0.2, 0.25) is 0 Å². The molecule has 0 radical (unpaired) electrons. The van der Waals surface area contributed by atoms with Crippen molar-refractivity contribution in [2.45, 2.75) is 30.6 Å². The highest BCUT2D eigenvalue weighted by molar-refractivity contribution is 7.91. The van der Waals surface area contributed by atoms with E-state index in [1.807, 2.05) is 13.1 Å². The van der Waals surface area contributed by atoms with Crippen molar-refractivity contribution in [2.24, 2.45) is 0 Å². The molecular formula is C13H23N3O2S2. The molecule has 1 aromatic heterocycles. The van der Waals surface area contributed by atoms with E-state index in [0.717, 1.165) is 24.5 Å². The van der Waals surface area contributed by atoms with Gasteiger partial charge in [-0.25, -0.2) is 8.42 Å². The molecule has 2 heterocycles. The lowest BCUT2D eigenvalue weighted by Crippen LogP contribution is -2.46. The molecule has 1 aliphatic rings. The quantitative estimate of drug-likeness (QED) is 0.886. The van der Waals surface area contributed by atoms with E-state index in [1.165, 1.54) is 11.3 Å². The van der Waals surface area contributed by atoms with Crippen LogP contribution in [-0.4, -0.2) is 56.9 Å². The second-order valence-electron chi connectivity index (χ2n) is 5.46. The van der Waals surface area contributed by atoms with Gasteiger partial charge in [-0.1, -0.05) is 13.8 Å². The van der Waals surface area contributed by atoms with Gasteiger partial charge in [-0.2, -0.15) is 4.31 Å². The van der Waals surface area contributed by atoms with Gasteiger partial charge in [0.1, 0.15) is 4.21 Å². The number of hydrogen-bond acceptors (Lipinski definition) is 5. The Morgan fingerprint density at radius 1 is 1.25 bits per heavy atom. The maximum Gasteiger partial charge on any atom is 0.252 e. The average Bonchev–Trinajstić information content (AvgIpc) is 2.86. The summed E-state index contributed by atoms with van der Waals surface area (Å²) in [5.74, 6) is 0. The molecule has 0 unspecified atom stereocenters. The molecule has 0 spiro atoms. The summed E-state index contributed by atoms with van der Waals surface area (Å²) < 4.78 is 27.1. The van der Waals surface area contributed by atoms with Crippen molar-refractivity contribution in [1.82, 2.24) is 14.5 Å². The molecule has 0 bridgehead atoms. The number of nitrogens with one attached hydrogen (secondary N) is 1. The average molecular weight is 317 g/mol.